The summed E-state index contributed by atoms with van der Waals surface area (Å²) in [6, 6.07) is 4.58. The van der Waals surface area contributed by atoms with Crippen molar-refractivity contribution in [3.05, 3.63) is 52.8 Å². The number of halogens is 4. The number of ether oxygens (including phenoxy) is 1. The fraction of sp³-hybridized carbons (Fsp3) is 0.250. The van der Waals surface area contributed by atoms with Crippen LogP contribution < -0.4 is 11.1 Å². The predicted octanol–water partition coefficient (Wildman–Crippen LogP) is 2.37. The number of carbonyl (C=O) groups is 1. The molecule has 1 aliphatic rings. The Morgan fingerprint density at radius 2 is 2.15 bits per heavy atom. The number of hydrogen-bond acceptors (Lipinski definition) is 6. The highest BCUT2D eigenvalue weighted by Crippen LogP contribution is 2.37. The Labute approximate surface area is 156 Å². The lowest BCUT2D eigenvalue weighted by Crippen LogP contribution is -2.45. The fourth-order valence-electron chi connectivity index (χ4n) is 2.57. The van der Waals surface area contributed by atoms with Gasteiger partial charge in [-0.25, -0.2) is 23.1 Å². The molecule has 0 radical (unpaired) electrons. The van der Waals surface area contributed by atoms with Gasteiger partial charge in [-0.3, -0.25) is 9.79 Å². The molecule has 7 nitrogen and oxygen atoms in total. The van der Waals surface area contributed by atoms with E-state index in [1.54, 1.807) is 0 Å². The first-order valence-corrected chi connectivity index (χ1v) is 7.99. The molecule has 1 atom stereocenters. The molecule has 27 heavy (non-hydrogen) atoms. The smallest absolute Gasteiger partial charge is 0.293 e. The first kappa shape index (κ1) is 19.1. The normalized spacial score (nSPS) is 19.7. The van der Waals surface area contributed by atoms with Gasteiger partial charge in [0.15, 0.2) is 5.54 Å². The number of nitrogens with two attached hydrogens (primary N) is 1. The summed E-state index contributed by atoms with van der Waals surface area (Å²) < 4.78 is 47.0. The second kappa shape index (κ2) is 7.49. The maximum atomic E-state index is 14.3. The molecule has 142 valence electrons. The lowest BCUT2D eigenvalue weighted by Gasteiger charge is -2.33. The molecule has 0 spiro atoms. The second-order valence-electron chi connectivity index (χ2n) is 5.67. The van der Waals surface area contributed by atoms with Crippen molar-refractivity contribution in [2.24, 2.45) is 10.7 Å². The van der Waals surface area contributed by atoms with Gasteiger partial charge in [-0.1, -0.05) is 11.6 Å². The minimum atomic E-state index is -3.09. The Morgan fingerprint density at radius 3 is 2.81 bits per heavy atom. The Morgan fingerprint density at radius 1 is 1.37 bits per heavy atom. The van der Waals surface area contributed by atoms with Crippen molar-refractivity contribution in [1.29, 1.82) is 0 Å². The zero-order valence-electron chi connectivity index (χ0n) is 13.6. The van der Waals surface area contributed by atoms with Crippen molar-refractivity contribution >= 4 is 29.0 Å². The number of aromatic nitrogens is 2. The summed E-state index contributed by atoms with van der Waals surface area (Å²) >= 11 is 5.70. The molecule has 2 heterocycles. The van der Waals surface area contributed by atoms with Crippen molar-refractivity contribution in [2.45, 2.75) is 12.0 Å². The number of hydrogen-bond donors (Lipinski definition) is 2. The van der Waals surface area contributed by atoms with Gasteiger partial charge in [0.2, 0.25) is 5.82 Å². The number of alkyl halides is 2. The number of carbonyl (C=O) groups excluding carboxylic acids is 1. The zero-order valence-corrected chi connectivity index (χ0v) is 14.4. The summed E-state index contributed by atoms with van der Waals surface area (Å²) in [4.78, 5) is 23.5. The van der Waals surface area contributed by atoms with Gasteiger partial charge in [0.05, 0.1) is 6.61 Å². The third kappa shape index (κ3) is 3.86. The molecule has 0 aliphatic carbocycles. The number of nitrogens with zero attached hydrogens (tertiary/aromatic N) is 3. The van der Waals surface area contributed by atoms with Gasteiger partial charge < -0.3 is 15.8 Å². The molecule has 0 saturated carbocycles. The van der Waals surface area contributed by atoms with Crippen LogP contribution in [0.5, 0.6) is 0 Å². The average molecular weight is 400 g/mol. The van der Waals surface area contributed by atoms with Crippen LogP contribution in [0.3, 0.4) is 0 Å². The summed E-state index contributed by atoms with van der Waals surface area (Å²) in [5.41, 5.74) is 2.80. The van der Waals surface area contributed by atoms with Crippen LogP contribution in [0, 0.1) is 5.82 Å². The molecule has 0 fully saturated rings. The van der Waals surface area contributed by atoms with E-state index in [1.165, 1.54) is 18.3 Å². The molecule has 11 heteroatoms. The third-order valence-corrected chi connectivity index (χ3v) is 4.00. The maximum absolute atomic E-state index is 14.3. The van der Waals surface area contributed by atoms with Gasteiger partial charge in [0, 0.05) is 17.4 Å². The lowest BCUT2D eigenvalue weighted by molar-refractivity contribution is -0.0145. The number of aliphatic imine (C=N–C) groups is 1. The number of nitrogens with one attached hydrogen (secondary N) is 1. The summed E-state index contributed by atoms with van der Waals surface area (Å²) in [7, 11) is 0. The van der Waals surface area contributed by atoms with Crippen LogP contribution in [0.15, 0.2) is 35.5 Å². The topological polar surface area (TPSA) is 102 Å². The van der Waals surface area contributed by atoms with Crippen LogP contribution in [0.4, 0.5) is 18.9 Å². The molecule has 1 aliphatic heterocycles. The lowest BCUT2D eigenvalue weighted by atomic mass is 9.90. The van der Waals surface area contributed by atoms with E-state index < -0.39 is 35.9 Å². The van der Waals surface area contributed by atoms with E-state index in [0.29, 0.717) is 0 Å². The monoisotopic (exact) mass is 399 g/mol. The number of rotatable bonds is 4. The summed E-state index contributed by atoms with van der Waals surface area (Å²) in [5, 5.41) is 2.46. The first-order valence-electron chi connectivity index (χ1n) is 7.62. The van der Waals surface area contributed by atoms with Crippen LogP contribution in [-0.4, -0.2) is 41.3 Å². The van der Waals surface area contributed by atoms with Crippen LogP contribution in [0.25, 0.3) is 0 Å². The average Bonchev–Trinajstić information content (AvgIpc) is 2.63. The van der Waals surface area contributed by atoms with Crippen molar-refractivity contribution < 1.29 is 22.7 Å². The van der Waals surface area contributed by atoms with Gasteiger partial charge in [0.1, 0.15) is 23.4 Å². The molecule has 0 bridgehead atoms. The summed E-state index contributed by atoms with van der Waals surface area (Å²) in [6.07, 6.45) is -1.81. The second-order valence-corrected chi connectivity index (χ2v) is 6.06. The number of amides is 1. The van der Waals surface area contributed by atoms with Crippen molar-refractivity contribution in [2.75, 3.05) is 18.5 Å². The highest BCUT2D eigenvalue weighted by atomic mass is 35.5. The van der Waals surface area contributed by atoms with Gasteiger partial charge in [-0.15, -0.1) is 0 Å². The summed E-state index contributed by atoms with van der Waals surface area (Å²) in [6.45, 7) is -0.685. The number of anilines is 1. The van der Waals surface area contributed by atoms with Crippen molar-refractivity contribution in [3.8, 4) is 0 Å². The molecular formula is C16H13ClF3N5O2. The van der Waals surface area contributed by atoms with Crippen LogP contribution in [0.1, 0.15) is 16.2 Å². The van der Waals surface area contributed by atoms with E-state index in [9.17, 15) is 18.0 Å². The predicted molar refractivity (Wildman–Crippen MR) is 91.5 cm³/mol. The van der Waals surface area contributed by atoms with Gasteiger partial charge in [0.25, 0.3) is 12.3 Å². The van der Waals surface area contributed by atoms with E-state index in [2.05, 4.69) is 20.3 Å². The molecule has 0 saturated heterocycles. The maximum Gasteiger partial charge on any atom is 0.293 e. The Kier molecular flexibility index (Phi) is 5.29. The Balaban J connectivity index is 1.97. The van der Waals surface area contributed by atoms with E-state index in [-0.39, 0.29) is 29.1 Å². The van der Waals surface area contributed by atoms with Gasteiger partial charge in [-0.05, 0) is 24.3 Å². The van der Waals surface area contributed by atoms with Crippen LogP contribution >= 0.6 is 11.6 Å². The minimum Gasteiger partial charge on any atom is -0.385 e. The van der Waals surface area contributed by atoms with E-state index in [0.717, 1.165) is 12.1 Å². The fourth-order valence-corrected chi connectivity index (χ4v) is 2.70. The van der Waals surface area contributed by atoms with Gasteiger partial charge >= 0.3 is 0 Å². The summed E-state index contributed by atoms with van der Waals surface area (Å²) in [5.74, 6) is -2.10. The highest BCUT2D eigenvalue weighted by Gasteiger charge is 2.46. The Bertz CT molecular complexity index is 911. The Hall–Kier alpha value is -2.72. The highest BCUT2D eigenvalue weighted by molar-refractivity contribution is 6.29. The van der Waals surface area contributed by atoms with E-state index in [4.69, 9.17) is 22.1 Å². The molecule has 1 aromatic heterocycles. The minimum absolute atomic E-state index is 0.0411. The standard InChI is InChI=1S/C16H13ClF3N5O2/c17-11-3-4-22-13(24-11)14(26)23-8-1-2-10(18)9(5-8)16(15(19)20)7-27-6-12(21)25-16/h1-5,15H,6-7H2,(H2,21,25)(H,23,26). The number of benzene rings is 1. The molecule has 1 amide bonds. The van der Waals surface area contributed by atoms with Crippen molar-refractivity contribution in [3.63, 3.8) is 0 Å². The molecule has 1 aromatic carbocycles. The zero-order chi connectivity index (χ0) is 19.6. The quantitative estimate of drug-likeness (QED) is 0.768. The SMILES string of the molecule is NC1=NC(c2cc(NC(=O)c3nccc(Cl)n3)ccc2F)(C(F)F)COC1. The van der Waals surface area contributed by atoms with Crippen LogP contribution in [-0.2, 0) is 10.3 Å². The van der Waals surface area contributed by atoms with Crippen LogP contribution in [0.2, 0.25) is 5.15 Å². The van der Waals surface area contributed by atoms with Crippen molar-refractivity contribution in [1.82, 2.24) is 9.97 Å². The van der Waals surface area contributed by atoms with E-state index >= 15 is 0 Å². The number of amidine groups is 1. The first-order chi connectivity index (χ1) is 12.8. The molecule has 2 aromatic rings. The largest absolute Gasteiger partial charge is 0.385 e. The third-order valence-electron chi connectivity index (χ3n) is 3.79. The molecule has 1 unspecified atom stereocenters. The molecule has 3 N–H and O–H groups in total. The molecule has 3 rings (SSSR count). The molecular weight excluding hydrogens is 387 g/mol. The van der Waals surface area contributed by atoms with Gasteiger partial charge in [-0.2, -0.15) is 0 Å². The van der Waals surface area contributed by atoms with E-state index in [1.807, 2.05) is 0 Å².